The normalized spacial score (nSPS) is 20.2. The summed E-state index contributed by atoms with van der Waals surface area (Å²) in [5, 5.41) is 3.21. The van der Waals surface area contributed by atoms with Crippen molar-refractivity contribution in [3.63, 3.8) is 0 Å². The van der Waals surface area contributed by atoms with Crippen molar-refractivity contribution in [2.75, 3.05) is 32.7 Å². The lowest BCUT2D eigenvalue weighted by atomic mass is 10.1. The molecule has 0 aromatic carbocycles. The molecule has 0 bridgehead atoms. The summed E-state index contributed by atoms with van der Waals surface area (Å²) in [4.78, 5) is 3.41. The number of nitrogens with zero attached hydrogens (tertiary/aromatic N) is 1. The van der Waals surface area contributed by atoms with Crippen LogP contribution in [-0.2, 0) is 16.6 Å². The zero-order chi connectivity index (χ0) is 15.3. The van der Waals surface area contributed by atoms with Crippen LogP contribution >= 0.6 is 11.3 Å². The van der Waals surface area contributed by atoms with Crippen LogP contribution in [0.15, 0.2) is 16.3 Å². The largest absolute Gasteiger partial charge is 0.312 e. The molecule has 1 atom stereocenters. The van der Waals surface area contributed by atoms with Crippen LogP contribution in [0.3, 0.4) is 0 Å². The fraction of sp³-hybridized carbons (Fsp3) is 0.714. The third-order valence-corrected chi connectivity index (χ3v) is 6.83. The molecule has 1 aliphatic rings. The second-order valence-corrected chi connectivity index (χ2v) is 8.56. The lowest BCUT2D eigenvalue weighted by Gasteiger charge is -2.13. The zero-order valence-electron chi connectivity index (χ0n) is 12.8. The van der Waals surface area contributed by atoms with Crippen molar-refractivity contribution >= 4 is 21.4 Å². The quantitative estimate of drug-likeness (QED) is 0.757. The van der Waals surface area contributed by atoms with Crippen molar-refractivity contribution in [2.45, 2.75) is 31.0 Å². The molecule has 0 radical (unpaired) electrons. The van der Waals surface area contributed by atoms with Gasteiger partial charge in [-0.2, -0.15) is 0 Å². The first-order chi connectivity index (χ1) is 10.0. The minimum absolute atomic E-state index is 0.417. The second-order valence-electron chi connectivity index (χ2n) is 5.40. The molecule has 1 aliphatic heterocycles. The third-order valence-electron chi connectivity index (χ3n) is 3.83. The van der Waals surface area contributed by atoms with Crippen molar-refractivity contribution in [1.29, 1.82) is 0 Å². The van der Waals surface area contributed by atoms with Crippen LogP contribution in [0, 0.1) is 5.92 Å². The van der Waals surface area contributed by atoms with E-state index in [4.69, 9.17) is 0 Å². The molecular formula is C14H25N3O2S2. The van der Waals surface area contributed by atoms with Crippen molar-refractivity contribution in [1.82, 2.24) is 14.9 Å². The Hall–Kier alpha value is -0.470. The molecular weight excluding hydrogens is 306 g/mol. The van der Waals surface area contributed by atoms with Crippen LogP contribution in [0.4, 0.5) is 0 Å². The molecule has 2 heterocycles. The molecule has 7 heteroatoms. The minimum atomic E-state index is -3.35. The van der Waals surface area contributed by atoms with Crippen molar-refractivity contribution in [2.24, 2.45) is 5.92 Å². The average molecular weight is 332 g/mol. The lowest BCUT2D eigenvalue weighted by molar-refractivity contribution is 0.342. The Kier molecular flexibility index (Phi) is 6.19. The Balaban J connectivity index is 1.88. The van der Waals surface area contributed by atoms with Gasteiger partial charge in [-0.05, 0) is 44.1 Å². The average Bonchev–Trinajstić information content (AvgIpc) is 3.12. The van der Waals surface area contributed by atoms with Crippen LogP contribution in [0.25, 0.3) is 0 Å². The molecule has 1 aromatic rings. The molecule has 0 aliphatic carbocycles. The van der Waals surface area contributed by atoms with E-state index in [9.17, 15) is 8.42 Å². The zero-order valence-corrected chi connectivity index (χ0v) is 14.4. The molecule has 120 valence electrons. The van der Waals surface area contributed by atoms with Crippen LogP contribution in [0.1, 0.15) is 25.1 Å². The van der Waals surface area contributed by atoms with Crippen LogP contribution in [0.5, 0.6) is 0 Å². The number of thiophene rings is 1. The van der Waals surface area contributed by atoms with E-state index in [1.54, 1.807) is 6.07 Å². The first-order valence-corrected chi connectivity index (χ1v) is 9.86. The fourth-order valence-corrected chi connectivity index (χ4v) is 5.00. The summed E-state index contributed by atoms with van der Waals surface area (Å²) in [5.41, 5.74) is 0. The van der Waals surface area contributed by atoms with Gasteiger partial charge in [-0.1, -0.05) is 13.8 Å². The van der Waals surface area contributed by atoms with Gasteiger partial charge in [0.15, 0.2) is 0 Å². The highest BCUT2D eigenvalue weighted by atomic mass is 32.2. The Morgan fingerprint density at radius 2 is 2.19 bits per heavy atom. The van der Waals surface area contributed by atoms with E-state index in [0.29, 0.717) is 16.7 Å². The standard InChI is InChI=1S/C14H25N3O2S2/c1-3-15-10-13-5-6-14(20-13)21(18,19)16-9-12-7-8-17(4-2)11-12/h5-6,12,15-16H,3-4,7-11H2,1-2H3. The summed E-state index contributed by atoms with van der Waals surface area (Å²) in [7, 11) is -3.35. The van der Waals surface area contributed by atoms with E-state index in [-0.39, 0.29) is 0 Å². The summed E-state index contributed by atoms with van der Waals surface area (Å²) >= 11 is 1.34. The van der Waals surface area contributed by atoms with Gasteiger partial charge >= 0.3 is 0 Å². The number of nitrogens with one attached hydrogen (secondary N) is 2. The number of likely N-dealkylation sites (tertiary alicyclic amines) is 1. The highest BCUT2D eigenvalue weighted by molar-refractivity contribution is 7.91. The molecule has 2 rings (SSSR count). The van der Waals surface area contributed by atoms with Crippen LogP contribution in [0.2, 0.25) is 0 Å². The monoisotopic (exact) mass is 331 g/mol. The highest BCUT2D eigenvalue weighted by Crippen LogP contribution is 2.22. The van der Waals surface area contributed by atoms with E-state index in [0.717, 1.165) is 44.0 Å². The van der Waals surface area contributed by atoms with Gasteiger partial charge in [0.2, 0.25) is 10.0 Å². The third kappa shape index (κ3) is 4.75. The first-order valence-electron chi connectivity index (χ1n) is 7.56. The summed E-state index contributed by atoms with van der Waals surface area (Å²) in [6.45, 7) is 9.45. The molecule has 1 fully saturated rings. The Labute approximate surface area is 131 Å². The van der Waals surface area contributed by atoms with Gasteiger partial charge in [0.1, 0.15) is 4.21 Å². The SMILES string of the molecule is CCNCc1ccc(S(=O)(=O)NCC2CCN(CC)C2)s1. The van der Waals surface area contributed by atoms with E-state index in [1.807, 2.05) is 13.0 Å². The summed E-state index contributed by atoms with van der Waals surface area (Å²) < 4.78 is 27.8. The van der Waals surface area contributed by atoms with Gasteiger partial charge in [0.25, 0.3) is 0 Å². The molecule has 1 aromatic heterocycles. The molecule has 0 amide bonds. The van der Waals surface area contributed by atoms with Crippen molar-refractivity contribution < 1.29 is 8.42 Å². The predicted octanol–water partition coefficient (Wildman–Crippen LogP) is 1.48. The van der Waals surface area contributed by atoms with Gasteiger partial charge in [-0.25, -0.2) is 13.1 Å². The summed E-state index contributed by atoms with van der Waals surface area (Å²) in [6.07, 6.45) is 1.08. The van der Waals surface area contributed by atoms with Crippen molar-refractivity contribution in [3.05, 3.63) is 17.0 Å². The molecule has 0 saturated carbocycles. The predicted molar refractivity (Wildman–Crippen MR) is 87.1 cm³/mol. The smallest absolute Gasteiger partial charge is 0.250 e. The van der Waals surface area contributed by atoms with Crippen LogP contribution < -0.4 is 10.0 Å². The number of hydrogen-bond acceptors (Lipinski definition) is 5. The van der Waals surface area contributed by atoms with Crippen molar-refractivity contribution in [3.8, 4) is 0 Å². The second kappa shape index (κ2) is 7.69. The molecule has 2 N–H and O–H groups in total. The van der Waals surface area contributed by atoms with E-state index in [2.05, 4.69) is 21.9 Å². The van der Waals surface area contributed by atoms with E-state index >= 15 is 0 Å². The maximum atomic E-state index is 12.3. The lowest BCUT2D eigenvalue weighted by Crippen LogP contribution is -2.30. The topological polar surface area (TPSA) is 61.4 Å². The molecule has 21 heavy (non-hydrogen) atoms. The first kappa shape index (κ1) is 16.9. The minimum Gasteiger partial charge on any atom is -0.312 e. The van der Waals surface area contributed by atoms with Crippen LogP contribution in [-0.4, -0.2) is 46.0 Å². The van der Waals surface area contributed by atoms with Gasteiger partial charge in [-0.3, -0.25) is 0 Å². The van der Waals surface area contributed by atoms with Gasteiger partial charge < -0.3 is 10.2 Å². The number of rotatable bonds is 8. The molecule has 1 saturated heterocycles. The van der Waals surface area contributed by atoms with Gasteiger partial charge in [0.05, 0.1) is 0 Å². The Morgan fingerprint density at radius 1 is 1.38 bits per heavy atom. The van der Waals surface area contributed by atoms with Gasteiger partial charge in [0, 0.05) is 24.5 Å². The summed E-state index contributed by atoms with van der Waals surface area (Å²) in [6, 6.07) is 3.59. The number of hydrogen-bond donors (Lipinski definition) is 2. The molecule has 1 unspecified atom stereocenters. The van der Waals surface area contributed by atoms with Gasteiger partial charge in [-0.15, -0.1) is 11.3 Å². The maximum Gasteiger partial charge on any atom is 0.250 e. The van der Waals surface area contributed by atoms with E-state index in [1.165, 1.54) is 11.3 Å². The Morgan fingerprint density at radius 3 is 2.86 bits per heavy atom. The fourth-order valence-electron chi connectivity index (χ4n) is 2.51. The summed E-state index contributed by atoms with van der Waals surface area (Å²) in [5.74, 6) is 0.431. The molecule has 0 spiro atoms. The van der Waals surface area contributed by atoms with E-state index < -0.39 is 10.0 Å². The Bertz CT molecular complexity index is 542. The molecule has 5 nitrogen and oxygen atoms in total. The number of sulfonamides is 1. The maximum absolute atomic E-state index is 12.3. The highest BCUT2D eigenvalue weighted by Gasteiger charge is 2.24.